The summed E-state index contributed by atoms with van der Waals surface area (Å²) in [7, 11) is -5.28. The number of carboxylic acid groups (broad SMARTS) is 1. The number of hydrogen-bond donors (Lipinski definition) is 1. The third kappa shape index (κ3) is 2.72. The molecule has 1 aliphatic carbocycles. The molecule has 24 heavy (non-hydrogen) atoms. The number of carboxylic acids is 1. The van der Waals surface area contributed by atoms with Crippen LogP contribution in [0, 0.1) is 0 Å². The fourth-order valence-corrected chi connectivity index (χ4v) is 3.46. The number of benzene rings is 2. The van der Waals surface area contributed by atoms with Crippen molar-refractivity contribution in [1.29, 1.82) is 0 Å². The van der Waals surface area contributed by atoms with Crippen molar-refractivity contribution in [2.75, 3.05) is 0 Å². The van der Waals surface area contributed by atoms with Gasteiger partial charge >= 0.3 is 35.5 Å². The molecule has 0 fully saturated rings. The fourth-order valence-electron chi connectivity index (χ4n) is 2.58. The van der Waals surface area contributed by atoms with E-state index in [4.69, 9.17) is 5.11 Å². The number of fused-ring (bicyclic) bond motifs is 2. The third-order valence-corrected chi connectivity index (χ3v) is 4.45. The quantitative estimate of drug-likeness (QED) is 0.419. The van der Waals surface area contributed by atoms with Crippen molar-refractivity contribution >= 4 is 27.7 Å². The molecule has 9 heteroatoms. The average molecular weight is 354 g/mol. The van der Waals surface area contributed by atoms with E-state index in [1.54, 1.807) is 0 Å². The monoisotopic (exact) mass is 354 g/mol. The summed E-state index contributed by atoms with van der Waals surface area (Å²) in [5.74, 6) is -3.19. The minimum atomic E-state index is -5.28. The molecule has 1 aliphatic rings. The minimum absolute atomic E-state index is 0. The van der Waals surface area contributed by atoms with Crippen LogP contribution in [-0.2, 0) is 10.1 Å². The van der Waals surface area contributed by atoms with Gasteiger partial charge in [0.2, 0.25) is 0 Å². The number of hydrogen-bond acceptors (Lipinski definition) is 6. The van der Waals surface area contributed by atoms with E-state index in [1.165, 1.54) is 24.3 Å². The molecule has 2 aromatic rings. The zero-order valence-electron chi connectivity index (χ0n) is 12.3. The molecule has 0 amide bonds. The van der Waals surface area contributed by atoms with Crippen LogP contribution in [0.15, 0.2) is 41.3 Å². The average Bonchev–Trinajstić information content (AvgIpc) is 2.50. The van der Waals surface area contributed by atoms with E-state index in [0.717, 1.165) is 12.1 Å². The van der Waals surface area contributed by atoms with Gasteiger partial charge in [0.25, 0.3) is 0 Å². The minimum Gasteiger partial charge on any atom is -0.744 e. The van der Waals surface area contributed by atoms with Gasteiger partial charge in [0, 0.05) is 16.7 Å². The Kier molecular flexibility index (Phi) is 4.80. The summed E-state index contributed by atoms with van der Waals surface area (Å²) in [4.78, 5) is 35.0. The second-order valence-corrected chi connectivity index (χ2v) is 6.14. The van der Waals surface area contributed by atoms with E-state index in [1.807, 2.05) is 0 Å². The molecule has 0 radical (unpaired) electrons. The van der Waals surface area contributed by atoms with Crippen molar-refractivity contribution in [2.45, 2.75) is 4.90 Å². The van der Waals surface area contributed by atoms with Gasteiger partial charge in [0.1, 0.15) is 10.1 Å². The Bertz CT molecular complexity index is 1010. The van der Waals surface area contributed by atoms with Crippen LogP contribution in [0.5, 0.6) is 0 Å². The summed E-state index contributed by atoms with van der Waals surface area (Å²) >= 11 is 0. The Morgan fingerprint density at radius 3 is 1.96 bits per heavy atom. The predicted molar refractivity (Wildman–Crippen MR) is 74.7 cm³/mol. The molecule has 0 bridgehead atoms. The summed E-state index contributed by atoms with van der Waals surface area (Å²) in [5, 5.41) is 9.08. The van der Waals surface area contributed by atoms with Crippen molar-refractivity contribution in [3.8, 4) is 0 Å². The van der Waals surface area contributed by atoms with Gasteiger partial charge in [0.15, 0.2) is 11.6 Å². The first kappa shape index (κ1) is 18.5. The van der Waals surface area contributed by atoms with E-state index in [-0.39, 0.29) is 46.2 Å². The first-order valence-corrected chi connectivity index (χ1v) is 7.69. The van der Waals surface area contributed by atoms with Gasteiger partial charge in [-0.2, -0.15) is 0 Å². The van der Waals surface area contributed by atoms with Crippen LogP contribution in [0.2, 0.25) is 0 Å². The van der Waals surface area contributed by atoms with Gasteiger partial charge in [-0.05, 0) is 12.1 Å². The summed E-state index contributed by atoms with van der Waals surface area (Å²) in [6.07, 6.45) is 0. The maximum atomic E-state index is 12.5. The first-order valence-electron chi connectivity index (χ1n) is 6.28. The smallest absolute Gasteiger partial charge is 0.744 e. The number of aromatic carboxylic acids is 1. The molecular weight excluding hydrogens is 347 g/mol. The van der Waals surface area contributed by atoms with Crippen molar-refractivity contribution < 1.29 is 62.0 Å². The summed E-state index contributed by atoms with van der Waals surface area (Å²) in [6, 6.07) is 7.60. The molecular formula is C15H7NaO7S. The van der Waals surface area contributed by atoms with Crippen molar-refractivity contribution in [2.24, 2.45) is 0 Å². The van der Waals surface area contributed by atoms with Gasteiger partial charge in [0.05, 0.1) is 16.0 Å². The second kappa shape index (κ2) is 6.23. The molecule has 7 nitrogen and oxygen atoms in total. The zero-order chi connectivity index (χ0) is 16.9. The Balaban J connectivity index is 0.00000208. The van der Waals surface area contributed by atoms with E-state index in [9.17, 15) is 27.4 Å². The Labute approximate surface area is 158 Å². The number of rotatable bonds is 2. The summed E-state index contributed by atoms with van der Waals surface area (Å²) in [5.41, 5.74) is -1.81. The van der Waals surface area contributed by atoms with Gasteiger partial charge < -0.3 is 9.66 Å². The van der Waals surface area contributed by atoms with Crippen LogP contribution in [0.3, 0.4) is 0 Å². The van der Waals surface area contributed by atoms with Crippen LogP contribution in [0.25, 0.3) is 0 Å². The molecule has 0 unspecified atom stereocenters. The van der Waals surface area contributed by atoms with Crippen LogP contribution in [0.1, 0.15) is 42.2 Å². The van der Waals surface area contributed by atoms with Gasteiger partial charge in [-0.1, -0.05) is 24.3 Å². The number of carbonyl (C=O) groups excluding carboxylic acids is 2. The standard InChI is InChI=1S/C15H8O7S.Na/c16-12-7-3-1-2-4-8(7)13(17)11-9(12)5-6-10(15(18)19)14(11)23(20,21)22;/h1-6H,(H,18,19)(H,20,21,22);/q;+1/p-1. The predicted octanol–water partition coefficient (Wildman–Crippen LogP) is -1.93. The molecule has 0 aliphatic heterocycles. The SMILES string of the molecule is O=C1c2ccccc2C(=O)c2c1ccc(C(=O)O)c2S(=O)(=O)[O-].[Na+]. The molecule has 2 aromatic carbocycles. The second-order valence-electron chi connectivity index (χ2n) is 4.83. The Morgan fingerprint density at radius 1 is 0.917 bits per heavy atom. The fraction of sp³-hybridized carbons (Fsp3) is 0. The molecule has 1 N–H and O–H groups in total. The van der Waals surface area contributed by atoms with Crippen molar-refractivity contribution in [3.05, 3.63) is 64.2 Å². The van der Waals surface area contributed by atoms with Crippen LogP contribution < -0.4 is 29.6 Å². The van der Waals surface area contributed by atoms with Gasteiger partial charge in [-0.3, -0.25) is 9.59 Å². The number of carbonyl (C=O) groups is 3. The third-order valence-electron chi connectivity index (χ3n) is 3.53. The van der Waals surface area contributed by atoms with Crippen molar-refractivity contribution in [1.82, 2.24) is 0 Å². The zero-order valence-corrected chi connectivity index (χ0v) is 15.1. The number of ketones is 2. The van der Waals surface area contributed by atoms with E-state index in [2.05, 4.69) is 0 Å². The Hall–Kier alpha value is -1.84. The van der Waals surface area contributed by atoms with Crippen molar-refractivity contribution in [3.63, 3.8) is 0 Å². The molecule has 0 saturated heterocycles. The summed E-state index contributed by atoms with van der Waals surface area (Å²) < 4.78 is 34.5. The van der Waals surface area contributed by atoms with Crippen LogP contribution in [0.4, 0.5) is 0 Å². The van der Waals surface area contributed by atoms with E-state index >= 15 is 0 Å². The van der Waals surface area contributed by atoms with E-state index in [0.29, 0.717) is 0 Å². The molecule has 116 valence electrons. The molecule has 0 aromatic heterocycles. The van der Waals surface area contributed by atoms with Crippen LogP contribution in [-0.4, -0.2) is 35.6 Å². The normalized spacial score (nSPS) is 12.9. The largest absolute Gasteiger partial charge is 1.00 e. The summed E-state index contributed by atoms with van der Waals surface area (Å²) in [6.45, 7) is 0. The molecule has 0 heterocycles. The molecule has 0 atom stereocenters. The van der Waals surface area contributed by atoms with Gasteiger partial charge in [-0.25, -0.2) is 13.2 Å². The first-order chi connectivity index (χ1) is 10.7. The molecule has 0 saturated carbocycles. The van der Waals surface area contributed by atoms with E-state index < -0.39 is 43.7 Å². The van der Waals surface area contributed by atoms with Gasteiger partial charge in [-0.15, -0.1) is 0 Å². The maximum absolute atomic E-state index is 12.5. The maximum Gasteiger partial charge on any atom is 1.00 e. The molecule has 3 rings (SSSR count). The van der Waals surface area contributed by atoms with Crippen LogP contribution >= 0.6 is 0 Å². The topological polar surface area (TPSA) is 129 Å². The molecule has 0 spiro atoms. The Morgan fingerprint density at radius 2 is 1.46 bits per heavy atom.